The van der Waals surface area contributed by atoms with Gasteiger partial charge in [-0.1, -0.05) is 18.2 Å². The summed E-state index contributed by atoms with van der Waals surface area (Å²) in [5, 5.41) is 9.63. The molecule has 0 radical (unpaired) electrons. The zero-order chi connectivity index (χ0) is 24.9. The molecule has 2 aromatic carbocycles. The Bertz CT molecular complexity index is 1360. The number of amides is 1. The predicted molar refractivity (Wildman–Crippen MR) is 131 cm³/mol. The van der Waals surface area contributed by atoms with E-state index in [2.05, 4.69) is 11.1 Å². The van der Waals surface area contributed by atoms with Crippen molar-refractivity contribution in [3.05, 3.63) is 83.7 Å². The minimum absolute atomic E-state index is 0.0445. The van der Waals surface area contributed by atoms with Crippen molar-refractivity contribution in [1.82, 2.24) is 9.88 Å². The van der Waals surface area contributed by atoms with E-state index in [0.29, 0.717) is 54.9 Å². The van der Waals surface area contributed by atoms with Crippen LogP contribution in [0.4, 0.5) is 5.88 Å². The number of nitrogens with zero attached hydrogens (tertiary/aromatic N) is 4. The molecule has 0 saturated carbocycles. The molecule has 4 aromatic rings. The zero-order valence-corrected chi connectivity index (χ0v) is 19.7. The summed E-state index contributed by atoms with van der Waals surface area (Å²) in [5.41, 5.74) is 0.784. The van der Waals surface area contributed by atoms with E-state index in [4.69, 9.17) is 18.3 Å². The van der Waals surface area contributed by atoms with Gasteiger partial charge in [-0.15, -0.1) is 0 Å². The smallest absolute Gasteiger partial charge is 0.266 e. The number of furan rings is 1. The van der Waals surface area contributed by atoms with E-state index in [-0.39, 0.29) is 24.1 Å². The van der Waals surface area contributed by atoms with Crippen LogP contribution in [0.15, 0.2) is 75.6 Å². The highest BCUT2D eigenvalue weighted by molar-refractivity contribution is 5.94. The number of benzene rings is 2. The van der Waals surface area contributed by atoms with E-state index >= 15 is 0 Å². The number of hydrogen-bond acceptors (Lipinski definition) is 8. The van der Waals surface area contributed by atoms with Gasteiger partial charge in [0.05, 0.1) is 7.11 Å². The van der Waals surface area contributed by atoms with Crippen molar-refractivity contribution < 1.29 is 23.1 Å². The van der Waals surface area contributed by atoms with Gasteiger partial charge >= 0.3 is 0 Å². The van der Waals surface area contributed by atoms with E-state index in [1.54, 1.807) is 48.4 Å². The lowest BCUT2D eigenvalue weighted by Gasteiger charge is -2.34. The molecule has 0 bridgehead atoms. The largest absolute Gasteiger partial charge is 0.497 e. The number of carbonyl (C=O) groups is 1. The van der Waals surface area contributed by atoms with Gasteiger partial charge in [0, 0.05) is 31.7 Å². The number of rotatable bonds is 7. The molecule has 0 aliphatic carbocycles. The normalized spacial score (nSPS) is 13.3. The topological polar surface area (TPSA) is 105 Å². The number of piperazine rings is 1. The number of ether oxygens (including phenoxy) is 2. The Morgan fingerprint density at radius 1 is 0.972 bits per heavy atom. The van der Waals surface area contributed by atoms with Gasteiger partial charge in [-0.05, 0) is 48.5 Å². The highest BCUT2D eigenvalue weighted by Crippen LogP contribution is 2.30. The lowest BCUT2D eigenvalue weighted by Crippen LogP contribution is -2.48. The third-order valence-electron chi connectivity index (χ3n) is 5.90. The van der Waals surface area contributed by atoms with Gasteiger partial charge in [-0.2, -0.15) is 10.2 Å². The number of oxazole rings is 1. The molecule has 182 valence electrons. The van der Waals surface area contributed by atoms with Crippen LogP contribution in [-0.4, -0.2) is 49.1 Å². The van der Waals surface area contributed by atoms with Crippen LogP contribution in [0.3, 0.4) is 0 Å². The molecule has 1 saturated heterocycles. The van der Waals surface area contributed by atoms with Gasteiger partial charge in [-0.3, -0.25) is 4.79 Å². The van der Waals surface area contributed by atoms with Crippen molar-refractivity contribution in [3.63, 3.8) is 0 Å². The van der Waals surface area contributed by atoms with Crippen LogP contribution < -0.4 is 14.4 Å². The Morgan fingerprint density at radius 3 is 2.42 bits per heavy atom. The van der Waals surface area contributed by atoms with Crippen molar-refractivity contribution >= 4 is 11.8 Å². The van der Waals surface area contributed by atoms with Gasteiger partial charge in [-0.25, -0.2) is 0 Å². The molecule has 1 aliphatic heterocycles. The number of hydrogen-bond donors (Lipinski definition) is 0. The van der Waals surface area contributed by atoms with Gasteiger partial charge in [0.25, 0.3) is 11.8 Å². The first kappa shape index (κ1) is 23.1. The Kier molecular flexibility index (Phi) is 6.58. The van der Waals surface area contributed by atoms with Crippen molar-refractivity contribution in [2.45, 2.75) is 6.61 Å². The Hall–Kier alpha value is -4.71. The Labute approximate surface area is 208 Å². The summed E-state index contributed by atoms with van der Waals surface area (Å²) in [6.45, 7) is 2.27. The molecule has 9 nitrogen and oxygen atoms in total. The number of aromatic nitrogens is 1. The molecule has 2 aromatic heterocycles. The van der Waals surface area contributed by atoms with Gasteiger partial charge in [0.2, 0.25) is 11.6 Å². The van der Waals surface area contributed by atoms with Crippen molar-refractivity contribution in [1.29, 1.82) is 5.26 Å². The molecule has 9 heteroatoms. The summed E-state index contributed by atoms with van der Waals surface area (Å²) in [5.74, 6) is 3.03. The van der Waals surface area contributed by atoms with E-state index < -0.39 is 0 Å². The van der Waals surface area contributed by atoms with Crippen LogP contribution in [0.25, 0.3) is 11.7 Å². The molecular weight excluding hydrogens is 460 g/mol. The maximum Gasteiger partial charge on any atom is 0.266 e. The number of carbonyl (C=O) groups excluding carboxylic acids is 1. The second-order valence-electron chi connectivity index (χ2n) is 8.16. The van der Waals surface area contributed by atoms with Crippen molar-refractivity contribution in [2.75, 3.05) is 38.2 Å². The highest BCUT2D eigenvalue weighted by Gasteiger charge is 2.27. The molecule has 1 fully saturated rings. The summed E-state index contributed by atoms with van der Waals surface area (Å²) in [4.78, 5) is 20.9. The standard InChI is InChI=1S/C27H24N4O5/c1-33-20-9-7-19(8-10-20)26(32)30-13-15-31(16-14-30)27-23(17-28)29-25(36-27)24-12-11-22(35-24)18-34-21-5-3-2-4-6-21/h2-12H,13-16,18H2,1H3. The predicted octanol–water partition coefficient (Wildman–Crippen LogP) is 4.36. The molecule has 1 amide bonds. The number of methoxy groups -OCH3 is 1. The summed E-state index contributed by atoms with van der Waals surface area (Å²) in [6, 6.07) is 22.1. The molecular formula is C27H24N4O5. The number of anilines is 1. The van der Waals surface area contributed by atoms with E-state index in [1.807, 2.05) is 35.2 Å². The average Bonchev–Trinajstić information content (AvgIpc) is 3.59. The summed E-state index contributed by atoms with van der Waals surface area (Å²) in [6.07, 6.45) is 0. The minimum atomic E-state index is -0.0445. The molecule has 0 atom stereocenters. The second kappa shape index (κ2) is 10.3. The lowest BCUT2D eigenvalue weighted by molar-refractivity contribution is 0.0745. The van der Waals surface area contributed by atoms with Gasteiger partial charge < -0.3 is 28.1 Å². The average molecular weight is 485 g/mol. The molecule has 0 N–H and O–H groups in total. The quantitative estimate of drug-likeness (QED) is 0.381. The van der Waals surface area contributed by atoms with Gasteiger partial charge in [0.15, 0.2) is 5.76 Å². The van der Waals surface area contributed by atoms with E-state index in [0.717, 1.165) is 5.75 Å². The summed E-state index contributed by atoms with van der Waals surface area (Å²) in [7, 11) is 1.59. The van der Waals surface area contributed by atoms with E-state index in [9.17, 15) is 10.1 Å². The van der Waals surface area contributed by atoms with Crippen LogP contribution in [0, 0.1) is 11.3 Å². The monoisotopic (exact) mass is 484 g/mol. The zero-order valence-electron chi connectivity index (χ0n) is 19.7. The van der Waals surface area contributed by atoms with Gasteiger partial charge in [0.1, 0.15) is 29.9 Å². The maximum absolute atomic E-state index is 12.9. The third kappa shape index (κ3) is 4.88. The number of nitriles is 1. The fourth-order valence-electron chi connectivity index (χ4n) is 3.98. The van der Waals surface area contributed by atoms with E-state index in [1.165, 1.54) is 0 Å². The third-order valence-corrected chi connectivity index (χ3v) is 5.90. The maximum atomic E-state index is 12.9. The first-order chi connectivity index (χ1) is 17.6. The molecule has 3 heterocycles. The van der Waals surface area contributed by atoms with Crippen molar-refractivity contribution in [3.8, 4) is 29.2 Å². The Balaban J connectivity index is 1.23. The van der Waals surface area contributed by atoms with Crippen LogP contribution in [0.1, 0.15) is 21.8 Å². The first-order valence-electron chi connectivity index (χ1n) is 11.5. The number of para-hydroxylation sites is 1. The molecule has 5 rings (SSSR count). The highest BCUT2D eigenvalue weighted by atomic mass is 16.5. The molecule has 0 unspecified atom stereocenters. The van der Waals surface area contributed by atoms with Crippen molar-refractivity contribution in [2.24, 2.45) is 0 Å². The van der Waals surface area contributed by atoms with Crippen LogP contribution in [0.2, 0.25) is 0 Å². The fourth-order valence-corrected chi connectivity index (χ4v) is 3.98. The molecule has 0 spiro atoms. The minimum Gasteiger partial charge on any atom is -0.497 e. The Morgan fingerprint density at radius 2 is 1.72 bits per heavy atom. The SMILES string of the molecule is COc1ccc(C(=O)N2CCN(c3oc(-c4ccc(COc5ccccc5)o4)nc3C#N)CC2)cc1. The fraction of sp³-hybridized carbons (Fsp3) is 0.222. The van der Waals surface area contributed by atoms with Crippen LogP contribution in [-0.2, 0) is 6.61 Å². The van der Waals surface area contributed by atoms with Crippen LogP contribution in [0.5, 0.6) is 11.5 Å². The first-order valence-corrected chi connectivity index (χ1v) is 11.5. The summed E-state index contributed by atoms with van der Waals surface area (Å²) < 4.78 is 22.7. The second-order valence-corrected chi connectivity index (χ2v) is 8.16. The lowest BCUT2D eigenvalue weighted by atomic mass is 10.1. The summed E-state index contributed by atoms with van der Waals surface area (Å²) >= 11 is 0. The van der Waals surface area contributed by atoms with Crippen LogP contribution >= 0.6 is 0 Å². The molecule has 36 heavy (non-hydrogen) atoms. The molecule has 1 aliphatic rings.